The van der Waals surface area contributed by atoms with Crippen LogP contribution in [0.15, 0.2) is 24.3 Å². The maximum Gasteiger partial charge on any atom is 0.342 e. The van der Waals surface area contributed by atoms with E-state index in [2.05, 4.69) is 4.74 Å². The third-order valence-corrected chi connectivity index (χ3v) is 2.40. The maximum atomic E-state index is 13.7. The van der Waals surface area contributed by atoms with Crippen molar-refractivity contribution in [1.29, 1.82) is 0 Å². The number of ether oxygens (including phenoxy) is 2. The van der Waals surface area contributed by atoms with Gasteiger partial charge in [-0.3, -0.25) is 0 Å². The van der Waals surface area contributed by atoms with Gasteiger partial charge in [-0.1, -0.05) is 12.1 Å². The van der Waals surface area contributed by atoms with Crippen LogP contribution in [0.25, 0.3) is 0 Å². The van der Waals surface area contributed by atoms with Gasteiger partial charge in [0.05, 0.1) is 19.3 Å². The largest absolute Gasteiger partial charge is 0.494 e. The van der Waals surface area contributed by atoms with Crippen molar-refractivity contribution in [3.8, 4) is 5.75 Å². The van der Waals surface area contributed by atoms with Crippen LogP contribution < -0.4 is 10.5 Å². The lowest BCUT2D eigenvalue weighted by atomic mass is 10.0. The molecule has 18 heavy (non-hydrogen) atoms. The average Bonchev–Trinajstić information content (AvgIpc) is 2.38. The van der Waals surface area contributed by atoms with E-state index in [1.54, 1.807) is 31.2 Å². The zero-order valence-corrected chi connectivity index (χ0v) is 10.6. The molecule has 1 unspecified atom stereocenters. The molecule has 0 aromatic heterocycles. The number of halogens is 1. The van der Waals surface area contributed by atoms with Crippen molar-refractivity contribution < 1.29 is 18.7 Å². The van der Waals surface area contributed by atoms with Crippen molar-refractivity contribution in [3.05, 3.63) is 29.8 Å². The van der Waals surface area contributed by atoms with Crippen LogP contribution in [-0.2, 0) is 9.53 Å². The molecule has 5 heteroatoms. The molecule has 1 rings (SSSR count). The number of esters is 1. The monoisotopic (exact) mass is 255 g/mol. The van der Waals surface area contributed by atoms with Crippen LogP contribution in [0.3, 0.4) is 0 Å². The Bertz CT molecular complexity index is 380. The first-order valence-electron chi connectivity index (χ1n) is 5.89. The van der Waals surface area contributed by atoms with Crippen molar-refractivity contribution in [2.24, 2.45) is 5.73 Å². The molecule has 0 spiro atoms. The Balaban J connectivity index is 2.71. The van der Waals surface area contributed by atoms with Crippen molar-refractivity contribution in [3.63, 3.8) is 0 Å². The zero-order valence-electron chi connectivity index (χ0n) is 10.6. The maximum absolute atomic E-state index is 13.7. The van der Waals surface area contributed by atoms with Crippen LogP contribution >= 0.6 is 0 Å². The molecule has 2 atom stereocenters. The van der Waals surface area contributed by atoms with Gasteiger partial charge < -0.3 is 15.2 Å². The summed E-state index contributed by atoms with van der Waals surface area (Å²) in [5, 5.41) is 0. The van der Waals surface area contributed by atoms with Gasteiger partial charge in [0.1, 0.15) is 5.75 Å². The molecule has 100 valence electrons. The predicted octanol–water partition coefficient (Wildman–Crippen LogP) is 1.99. The highest BCUT2D eigenvalue weighted by Crippen LogP contribution is 2.21. The second-order valence-corrected chi connectivity index (χ2v) is 3.68. The fourth-order valence-corrected chi connectivity index (χ4v) is 1.49. The molecule has 4 nitrogen and oxygen atoms in total. The molecule has 0 amide bonds. The number of hydrogen-bond donors (Lipinski definition) is 1. The van der Waals surface area contributed by atoms with Gasteiger partial charge in [-0.15, -0.1) is 0 Å². The van der Waals surface area contributed by atoms with Gasteiger partial charge >= 0.3 is 5.97 Å². The predicted molar refractivity (Wildman–Crippen MR) is 66.1 cm³/mol. The van der Waals surface area contributed by atoms with Gasteiger partial charge in [0, 0.05) is 0 Å². The first kappa shape index (κ1) is 14.4. The summed E-state index contributed by atoms with van der Waals surface area (Å²) in [6.45, 7) is 4.18. The van der Waals surface area contributed by atoms with Crippen molar-refractivity contribution in [1.82, 2.24) is 0 Å². The van der Waals surface area contributed by atoms with E-state index in [1.807, 2.05) is 6.92 Å². The minimum atomic E-state index is -1.86. The van der Waals surface area contributed by atoms with E-state index in [4.69, 9.17) is 10.5 Å². The molecule has 0 saturated carbocycles. The van der Waals surface area contributed by atoms with Gasteiger partial charge in [-0.05, 0) is 31.5 Å². The van der Waals surface area contributed by atoms with E-state index in [-0.39, 0.29) is 6.61 Å². The minimum absolute atomic E-state index is 0.134. The molecule has 0 saturated heterocycles. The average molecular weight is 255 g/mol. The van der Waals surface area contributed by atoms with E-state index < -0.39 is 18.2 Å². The molecule has 0 heterocycles. The molecule has 0 fully saturated rings. The SMILES string of the molecule is CCOC(=O)C(F)[C@H](N)c1ccc(OCC)cc1. The summed E-state index contributed by atoms with van der Waals surface area (Å²) in [7, 11) is 0. The molecule has 0 radical (unpaired) electrons. The lowest BCUT2D eigenvalue weighted by Crippen LogP contribution is -2.31. The topological polar surface area (TPSA) is 61.5 Å². The smallest absolute Gasteiger partial charge is 0.342 e. The van der Waals surface area contributed by atoms with Crippen LogP contribution in [0, 0.1) is 0 Å². The lowest BCUT2D eigenvalue weighted by molar-refractivity contribution is -0.149. The molecule has 1 aromatic carbocycles. The summed E-state index contributed by atoms with van der Waals surface area (Å²) in [5.41, 5.74) is 6.20. The molecule has 0 aliphatic rings. The van der Waals surface area contributed by atoms with Gasteiger partial charge in [0.25, 0.3) is 0 Å². The number of alkyl halides is 1. The summed E-state index contributed by atoms with van der Waals surface area (Å²) in [4.78, 5) is 11.2. The van der Waals surface area contributed by atoms with Gasteiger partial charge in [-0.25, -0.2) is 9.18 Å². The Morgan fingerprint density at radius 3 is 2.39 bits per heavy atom. The Morgan fingerprint density at radius 1 is 1.28 bits per heavy atom. The Morgan fingerprint density at radius 2 is 1.89 bits per heavy atom. The van der Waals surface area contributed by atoms with Crippen LogP contribution in [0.4, 0.5) is 4.39 Å². The van der Waals surface area contributed by atoms with Crippen molar-refractivity contribution >= 4 is 5.97 Å². The molecular weight excluding hydrogens is 237 g/mol. The highest BCUT2D eigenvalue weighted by atomic mass is 19.1. The lowest BCUT2D eigenvalue weighted by Gasteiger charge is -2.16. The fourth-order valence-electron chi connectivity index (χ4n) is 1.49. The Hall–Kier alpha value is -1.62. The third kappa shape index (κ3) is 3.70. The van der Waals surface area contributed by atoms with Crippen LogP contribution in [0.2, 0.25) is 0 Å². The zero-order chi connectivity index (χ0) is 13.5. The van der Waals surface area contributed by atoms with E-state index in [9.17, 15) is 9.18 Å². The molecule has 0 aliphatic carbocycles. The third-order valence-electron chi connectivity index (χ3n) is 2.40. The van der Waals surface area contributed by atoms with E-state index in [0.717, 1.165) is 0 Å². The molecule has 1 aromatic rings. The highest BCUT2D eigenvalue weighted by molar-refractivity contribution is 5.75. The van der Waals surface area contributed by atoms with E-state index in [1.165, 1.54) is 0 Å². The normalized spacial score (nSPS) is 13.8. The Kier molecular flexibility index (Phi) is 5.58. The summed E-state index contributed by atoms with van der Waals surface area (Å²) < 4.78 is 23.5. The standard InChI is InChI=1S/C13H18FNO3/c1-3-17-10-7-5-9(6-8-10)12(15)11(14)13(16)18-4-2/h5-8,11-12H,3-4,15H2,1-2H3/t11?,12-/m1/s1. The van der Waals surface area contributed by atoms with Gasteiger partial charge in [-0.2, -0.15) is 0 Å². The summed E-state index contributed by atoms with van der Waals surface area (Å²) in [6.07, 6.45) is -1.86. The van der Waals surface area contributed by atoms with E-state index >= 15 is 0 Å². The van der Waals surface area contributed by atoms with Crippen molar-refractivity contribution in [2.75, 3.05) is 13.2 Å². The summed E-state index contributed by atoms with van der Waals surface area (Å²) in [6, 6.07) is 5.63. The first-order chi connectivity index (χ1) is 8.60. The second-order valence-electron chi connectivity index (χ2n) is 3.68. The molecule has 0 aliphatic heterocycles. The summed E-state index contributed by atoms with van der Waals surface area (Å²) >= 11 is 0. The quantitative estimate of drug-likeness (QED) is 0.790. The number of nitrogens with two attached hydrogens (primary N) is 1. The minimum Gasteiger partial charge on any atom is -0.494 e. The fraction of sp³-hybridized carbons (Fsp3) is 0.462. The molecule has 2 N–H and O–H groups in total. The second kappa shape index (κ2) is 6.96. The Labute approximate surface area is 106 Å². The highest BCUT2D eigenvalue weighted by Gasteiger charge is 2.27. The number of rotatable bonds is 6. The van der Waals surface area contributed by atoms with Crippen LogP contribution in [-0.4, -0.2) is 25.4 Å². The molecule has 0 bridgehead atoms. The molecular formula is C13H18FNO3. The number of carbonyl (C=O) groups excluding carboxylic acids is 1. The number of carbonyl (C=O) groups is 1. The van der Waals surface area contributed by atoms with Crippen LogP contribution in [0.5, 0.6) is 5.75 Å². The van der Waals surface area contributed by atoms with E-state index in [0.29, 0.717) is 17.9 Å². The van der Waals surface area contributed by atoms with Gasteiger partial charge in [0.2, 0.25) is 6.17 Å². The number of hydrogen-bond acceptors (Lipinski definition) is 4. The van der Waals surface area contributed by atoms with Crippen molar-refractivity contribution in [2.45, 2.75) is 26.1 Å². The van der Waals surface area contributed by atoms with Gasteiger partial charge in [0.15, 0.2) is 0 Å². The summed E-state index contributed by atoms with van der Waals surface area (Å²) in [5.74, 6) is -0.251. The number of benzene rings is 1. The van der Waals surface area contributed by atoms with Crippen LogP contribution in [0.1, 0.15) is 25.5 Å². The first-order valence-corrected chi connectivity index (χ1v) is 5.89.